The quantitative estimate of drug-likeness (QED) is 0.0711. The molecule has 1 aliphatic rings. The first-order valence-corrected chi connectivity index (χ1v) is 24.9. The van der Waals surface area contributed by atoms with Crippen molar-refractivity contribution < 1.29 is 62.2 Å². The summed E-state index contributed by atoms with van der Waals surface area (Å²) in [6.45, 7) is 5.37. The third kappa shape index (κ3) is 21.5. The average Bonchev–Trinajstić information content (AvgIpc) is 3.32. The number of amides is 11. The molecule has 0 aromatic heterocycles. The molecule has 0 radical (unpaired) electrons. The summed E-state index contributed by atoms with van der Waals surface area (Å²) >= 11 is 1.10. The predicted octanol–water partition coefficient (Wildman–Crippen LogP) is -1.63. The van der Waals surface area contributed by atoms with Crippen LogP contribution in [0.2, 0.25) is 0 Å². The van der Waals surface area contributed by atoms with E-state index in [-0.39, 0.29) is 55.4 Å². The van der Waals surface area contributed by atoms with E-state index in [1.54, 1.807) is 39.8 Å². The van der Waals surface area contributed by atoms with Crippen LogP contribution in [0.1, 0.15) is 83.8 Å². The molecule has 73 heavy (non-hydrogen) atoms. The second-order valence-electron chi connectivity index (χ2n) is 18.2. The fourth-order valence-corrected chi connectivity index (χ4v) is 8.41. The van der Waals surface area contributed by atoms with Gasteiger partial charge in [0.2, 0.25) is 65.0 Å². The molecule has 2 aromatic rings. The molecule has 25 heteroatoms. The smallest absolute Gasteiger partial charge is 0.246 e. The van der Waals surface area contributed by atoms with E-state index in [0.29, 0.717) is 17.5 Å². The van der Waals surface area contributed by atoms with Crippen LogP contribution in [-0.4, -0.2) is 136 Å². The van der Waals surface area contributed by atoms with Crippen molar-refractivity contribution in [2.24, 2.45) is 29.0 Å². The molecule has 400 valence electrons. The molecular formula is C48H68FN11O12S. The first-order valence-electron chi connectivity index (χ1n) is 23.8. The molecule has 1 fully saturated rings. The van der Waals surface area contributed by atoms with Gasteiger partial charge in [-0.15, -0.1) is 0 Å². The molecule has 0 bridgehead atoms. The van der Waals surface area contributed by atoms with Crippen molar-refractivity contribution in [1.29, 1.82) is 0 Å². The van der Waals surface area contributed by atoms with Crippen LogP contribution in [0.15, 0.2) is 48.5 Å². The standard InChI is InChI=1S/C48H68FN11O12S/c1-5-27(4)42-47(71)56-32(16-17-37(50)62)44(68)57-35(21-38(51)63)45(69)58-36(25-73-18-6-7-40(65)54-34(46(70)59-42)20-28-10-14-31(61)15-11-28)48(72)60(23-29-8-12-30(49)13-9-29)24-41(66)55-33(19-26(2)3)43(67)53-22-39(52)64/h8-15,26-27,32-36,42,61H,5-7,16-25H2,1-4H3,(H2,50,62)(H2,51,63)(H2,52,64)(H,53,67)(H,54,65)(H,55,66)(H,56,71)(H,57,68)(H,58,69)(H,59,70)/t27?,32-,33-,34-,35-,36-,42-/m0/s1. The largest absolute Gasteiger partial charge is 0.508 e. The van der Waals surface area contributed by atoms with Gasteiger partial charge < -0.3 is 64.4 Å². The number of phenols is 1. The van der Waals surface area contributed by atoms with Gasteiger partial charge in [-0.1, -0.05) is 58.4 Å². The minimum atomic E-state index is -1.80. The number of primary amides is 3. The van der Waals surface area contributed by atoms with Crippen molar-refractivity contribution in [2.45, 2.75) is 122 Å². The second-order valence-corrected chi connectivity index (χ2v) is 19.3. The Balaban J connectivity index is 2.11. The molecule has 0 spiro atoms. The molecule has 1 aliphatic heterocycles. The van der Waals surface area contributed by atoms with E-state index >= 15 is 0 Å². The molecule has 0 saturated carbocycles. The van der Waals surface area contributed by atoms with Gasteiger partial charge in [-0.2, -0.15) is 11.8 Å². The molecule has 1 unspecified atom stereocenters. The molecule has 0 aliphatic carbocycles. The van der Waals surface area contributed by atoms with Crippen LogP contribution in [-0.2, 0) is 65.7 Å². The lowest BCUT2D eigenvalue weighted by atomic mass is 9.96. The Labute approximate surface area is 426 Å². The lowest BCUT2D eigenvalue weighted by Crippen LogP contribution is -2.61. The Bertz CT molecular complexity index is 2290. The van der Waals surface area contributed by atoms with Gasteiger partial charge in [0.1, 0.15) is 47.8 Å². The molecule has 2 aromatic carbocycles. The summed E-state index contributed by atoms with van der Waals surface area (Å²) in [5.41, 5.74) is 17.0. The van der Waals surface area contributed by atoms with Gasteiger partial charge in [0.25, 0.3) is 0 Å². The zero-order chi connectivity index (χ0) is 54.4. The molecule has 1 saturated heterocycles. The second kappa shape index (κ2) is 29.9. The average molecular weight is 1040 g/mol. The van der Waals surface area contributed by atoms with Gasteiger partial charge in [0.15, 0.2) is 0 Å². The molecule has 23 nitrogen and oxygen atoms in total. The number of phenolic OH excluding ortho intramolecular Hbond substituents is 1. The number of hydrogen-bond acceptors (Lipinski definition) is 13. The summed E-state index contributed by atoms with van der Waals surface area (Å²) < 4.78 is 14.0. The number of nitrogens with one attached hydrogen (secondary N) is 7. The zero-order valence-corrected chi connectivity index (χ0v) is 42.1. The Hall–Kier alpha value is -7.31. The predicted molar refractivity (Wildman–Crippen MR) is 265 cm³/mol. The number of carbonyl (C=O) groups excluding carboxylic acids is 11. The first kappa shape index (κ1) is 60.0. The lowest BCUT2D eigenvalue weighted by molar-refractivity contribution is -0.141. The monoisotopic (exact) mass is 1040 g/mol. The van der Waals surface area contributed by atoms with Crippen LogP contribution >= 0.6 is 11.8 Å². The topological polar surface area (TPSA) is 374 Å². The number of thioether (sulfide) groups is 1. The number of nitrogens with zero attached hydrogens (tertiary/aromatic N) is 1. The van der Waals surface area contributed by atoms with Crippen molar-refractivity contribution >= 4 is 76.7 Å². The van der Waals surface area contributed by atoms with Gasteiger partial charge in [-0.25, -0.2) is 4.39 Å². The number of halogens is 1. The summed E-state index contributed by atoms with van der Waals surface area (Å²) in [6.07, 6.45) is -1.28. The summed E-state index contributed by atoms with van der Waals surface area (Å²) in [5.74, 6) is -11.1. The normalized spacial score (nSPS) is 20.4. The number of carbonyl (C=O) groups is 11. The maximum atomic E-state index is 14.8. The fourth-order valence-electron chi connectivity index (χ4n) is 7.44. The minimum absolute atomic E-state index is 0.0409. The van der Waals surface area contributed by atoms with Gasteiger partial charge in [0, 0.05) is 31.6 Å². The maximum absolute atomic E-state index is 14.8. The summed E-state index contributed by atoms with van der Waals surface area (Å²) in [7, 11) is 0. The van der Waals surface area contributed by atoms with Crippen molar-refractivity contribution in [3.8, 4) is 5.75 Å². The SMILES string of the molecule is CCC(C)[C@@H]1NC(=O)[C@H](Cc2ccc(O)cc2)NC(=O)CCCSC[C@@H](C(=O)N(CC(=O)N[C@@H](CC(C)C)C(=O)NCC(N)=O)Cc2ccc(F)cc2)NC(=O)[C@H](CC(N)=O)NC(=O)[C@H](CCC(N)=O)NC1=O. The van der Waals surface area contributed by atoms with Crippen LogP contribution in [0, 0.1) is 17.7 Å². The maximum Gasteiger partial charge on any atom is 0.246 e. The minimum Gasteiger partial charge on any atom is -0.508 e. The van der Waals surface area contributed by atoms with Crippen LogP contribution < -0.4 is 54.4 Å². The molecular weight excluding hydrogens is 974 g/mol. The van der Waals surface area contributed by atoms with E-state index in [0.717, 1.165) is 28.8 Å². The highest BCUT2D eigenvalue weighted by Crippen LogP contribution is 2.17. The van der Waals surface area contributed by atoms with Gasteiger partial charge in [0.05, 0.1) is 19.5 Å². The molecule has 11 amide bonds. The van der Waals surface area contributed by atoms with E-state index in [1.807, 2.05) is 0 Å². The van der Waals surface area contributed by atoms with Gasteiger partial charge in [-0.3, -0.25) is 52.7 Å². The number of nitrogens with two attached hydrogens (primary N) is 3. The van der Waals surface area contributed by atoms with Crippen molar-refractivity contribution in [2.75, 3.05) is 24.6 Å². The first-order chi connectivity index (χ1) is 34.4. The third-order valence-electron chi connectivity index (χ3n) is 11.5. The highest BCUT2D eigenvalue weighted by molar-refractivity contribution is 7.99. The number of aromatic hydroxyl groups is 1. The van der Waals surface area contributed by atoms with E-state index in [1.165, 1.54) is 24.3 Å². The highest BCUT2D eigenvalue weighted by atomic mass is 32.2. The van der Waals surface area contributed by atoms with Gasteiger partial charge in [-0.05, 0) is 72.2 Å². The van der Waals surface area contributed by atoms with Crippen LogP contribution in [0.3, 0.4) is 0 Å². The summed E-state index contributed by atoms with van der Waals surface area (Å²) in [6, 6.07) is 2.14. The van der Waals surface area contributed by atoms with E-state index < -0.39 is 145 Å². The van der Waals surface area contributed by atoms with Crippen LogP contribution in [0.5, 0.6) is 5.75 Å². The molecule has 7 atom stereocenters. The van der Waals surface area contributed by atoms with Crippen LogP contribution in [0.25, 0.3) is 0 Å². The molecule has 14 N–H and O–H groups in total. The highest BCUT2D eigenvalue weighted by Gasteiger charge is 2.36. The zero-order valence-electron chi connectivity index (χ0n) is 41.3. The third-order valence-corrected chi connectivity index (χ3v) is 12.6. The van der Waals surface area contributed by atoms with Crippen molar-refractivity contribution in [3.63, 3.8) is 0 Å². The Morgan fingerprint density at radius 3 is 2.00 bits per heavy atom. The van der Waals surface area contributed by atoms with Gasteiger partial charge >= 0.3 is 0 Å². The van der Waals surface area contributed by atoms with Crippen molar-refractivity contribution in [3.05, 3.63) is 65.5 Å². The fraction of sp³-hybridized carbons (Fsp3) is 0.521. The summed E-state index contributed by atoms with van der Waals surface area (Å²) in [5, 5.41) is 27.7. The van der Waals surface area contributed by atoms with E-state index in [2.05, 4.69) is 37.2 Å². The Kier molecular flexibility index (Phi) is 24.6. The van der Waals surface area contributed by atoms with E-state index in [9.17, 15) is 62.2 Å². The van der Waals surface area contributed by atoms with Crippen molar-refractivity contribution in [1.82, 2.24) is 42.1 Å². The Morgan fingerprint density at radius 2 is 1.40 bits per heavy atom. The lowest BCUT2D eigenvalue weighted by Gasteiger charge is -2.30. The number of rotatable bonds is 20. The number of hydrogen-bond donors (Lipinski definition) is 11. The van der Waals surface area contributed by atoms with E-state index in [4.69, 9.17) is 17.2 Å². The van der Waals surface area contributed by atoms with Crippen LogP contribution in [0.4, 0.5) is 4.39 Å². The molecule has 1 heterocycles. The summed E-state index contributed by atoms with van der Waals surface area (Å²) in [4.78, 5) is 148. The Morgan fingerprint density at radius 1 is 0.781 bits per heavy atom. The number of benzene rings is 2. The molecule has 3 rings (SSSR count).